The molecule has 0 heterocycles. The highest BCUT2D eigenvalue weighted by Crippen LogP contribution is 2.50. The molecule has 4 heteroatoms. The van der Waals surface area contributed by atoms with Crippen molar-refractivity contribution in [2.75, 3.05) is 7.11 Å². The van der Waals surface area contributed by atoms with Crippen LogP contribution in [-0.2, 0) is 14.3 Å². The van der Waals surface area contributed by atoms with Gasteiger partial charge in [0.2, 0.25) is 0 Å². The van der Waals surface area contributed by atoms with Crippen molar-refractivity contribution in [3.8, 4) is 0 Å². The van der Waals surface area contributed by atoms with E-state index in [1.807, 2.05) is 6.92 Å². The first kappa shape index (κ1) is 12.0. The zero-order chi connectivity index (χ0) is 11.8. The first-order valence-electron chi connectivity index (χ1n) is 5.11. The highest BCUT2D eigenvalue weighted by atomic mass is 16.5. The molecule has 15 heavy (non-hydrogen) atoms. The van der Waals surface area contributed by atoms with Crippen molar-refractivity contribution in [3.63, 3.8) is 0 Å². The van der Waals surface area contributed by atoms with E-state index in [1.165, 1.54) is 7.11 Å². The average Bonchev–Trinajstić information content (AvgIpc) is 2.35. The lowest BCUT2D eigenvalue weighted by molar-refractivity contribution is -0.314. The summed E-state index contributed by atoms with van der Waals surface area (Å²) in [4.78, 5) is 22.5. The first-order chi connectivity index (χ1) is 6.82. The van der Waals surface area contributed by atoms with Gasteiger partial charge in [0.05, 0.1) is 13.0 Å². The predicted octanol–water partition coefficient (Wildman–Crippen LogP) is 0.208. The minimum absolute atomic E-state index is 0.0235. The van der Waals surface area contributed by atoms with Gasteiger partial charge in [-0.1, -0.05) is 20.8 Å². The van der Waals surface area contributed by atoms with Crippen LogP contribution in [0, 0.1) is 23.2 Å². The van der Waals surface area contributed by atoms with E-state index in [2.05, 4.69) is 0 Å². The zero-order valence-corrected chi connectivity index (χ0v) is 9.57. The molecule has 0 unspecified atom stereocenters. The average molecular weight is 213 g/mol. The molecule has 0 aromatic heterocycles. The van der Waals surface area contributed by atoms with Crippen molar-refractivity contribution in [2.24, 2.45) is 23.2 Å². The van der Waals surface area contributed by atoms with E-state index in [9.17, 15) is 14.7 Å². The Hall–Kier alpha value is -1.06. The third kappa shape index (κ3) is 1.85. The number of carboxylic acid groups (broad SMARTS) is 1. The summed E-state index contributed by atoms with van der Waals surface area (Å²) in [5, 5.41) is 11.0. The molecule has 0 aliphatic heterocycles. The molecule has 4 nitrogen and oxygen atoms in total. The number of carbonyl (C=O) groups is 2. The summed E-state index contributed by atoms with van der Waals surface area (Å²) in [6, 6.07) is 0. The third-order valence-corrected chi connectivity index (χ3v) is 3.62. The second-order valence-corrected chi connectivity index (χ2v) is 4.91. The molecule has 1 aliphatic carbocycles. The van der Waals surface area contributed by atoms with Crippen LogP contribution < -0.4 is 5.11 Å². The number of hydrogen-bond donors (Lipinski definition) is 0. The topological polar surface area (TPSA) is 66.4 Å². The second kappa shape index (κ2) is 3.83. The van der Waals surface area contributed by atoms with E-state index in [0.29, 0.717) is 6.42 Å². The third-order valence-electron chi connectivity index (χ3n) is 3.62. The van der Waals surface area contributed by atoms with Gasteiger partial charge in [0.25, 0.3) is 0 Å². The van der Waals surface area contributed by atoms with Crippen molar-refractivity contribution in [2.45, 2.75) is 27.2 Å². The lowest BCUT2D eigenvalue weighted by Gasteiger charge is -2.32. The monoisotopic (exact) mass is 213 g/mol. The van der Waals surface area contributed by atoms with Gasteiger partial charge in [0, 0.05) is 11.9 Å². The smallest absolute Gasteiger partial charge is 0.309 e. The van der Waals surface area contributed by atoms with Crippen molar-refractivity contribution in [1.82, 2.24) is 0 Å². The Bertz CT molecular complexity index is 282. The van der Waals surface area contributed by atoms with E-state index >= 15 is 0 Å². The molecule has 0 spiro atoms. The molecule has 0 bridgehead atoms. The molecule has 0 radical (unpaired) electrons. The molecule has 1 rings (SSSR count). The summed E-state index contributed by atoms with van der Waals surface area (Å²) in [6.45, 7) is 5.46. The SMILES string of the molecule is COC(=O)[C@H]1[C@H](C)C[C@H](C(=O)[O-])C1(C)C. The van der Waals surface area contributed by atoms with E-state index in [4.69, 9.17) is 4.74 Å². The molecule has 0 aromatic rings. The molecule has 0 saturated heterocycles. The van der Waals surface area contributed by atoms with Gasteiger partial charge in [0.15, 0.2) is 0 Å². The Labute approximate surface area is 89.6 Å². The summed E-state index contributed by atoms with van der Waals surface area (Å²) in [6.07, 6.45) is 0.481. The lowest BCUT2D eigenvalue weighted by Crippen LogP contribution is -2.41. The van der Waals surface area contributed by atoms with Crippen LogP contribution >= 0.6 is 0 Å². The fourth-order valence-electron chi connectivity index (χ4n) is 2.82. The number of carbonyl (C=O) groups excluding carboxylic acids is 2. The van der Waals surface area contributed by atoms with E-state index in [-0.39, 0.29) is 17.8 Å². The molecule has 86 valence electrons. The summed E-state index contributed by atoms with van der Waals surface area (Å²) in [7, 11) is 1.33. The number of hydrogen-bond acceptors (Lipinski definition) is 4. The highest BCUT2D eigenvalue weighted by molar-refractivity contribution is 5.77. The minimum Gasteiger partial charge on any atom is -0.550 e. The molecule has 0 amide bonds. The number of carboxylic acids is 1. The number of ether oxygens (including phenoxy) is 1. The van der Waals surface area contributed by atoms with E-state index in [0.717, 1.165) is 0 Å². The minimum atomic E-state index is -1.07. The molecule has 1 aliphatic rings. The molecule has 3 atom stereocenters. The van der Waals surface area contributed by atoms with E-state index < -0.39 is 17.3 Å². The van der Waals surface area contributed by atoms with Crippen LogP contribution in [0.4, 0.5) is 0 Å². The summed E-state index contributed by atoms with van der Waals surface area (Å²) in [5.74, 6) is -2.30. The number of esters is 1. The second-order valence-electron chi connectivity index (χ2n) is 4.91. The normalized spacial score (nSPS) is 33.7. The van der Waals surface area contributed by atoms with Gasteiger partial charge in [-0.05, 0) is 17.8 Å². The number of methoxy groups -OCH3 is 1. The Kier molecular flexibility index (Phi) is 3.07. The Morgan fingerprint density at radius 1 is 1.40 bits per heavy atom. The van der Waals surface area contributed by atoms with E-state index in [1.54, 1.807) is 13.8 Å². The molecule has 1 fully saturated rings. The Morgan fingerprint density at radius 3 is 2.27 bits per heavy atom. The standard InChI is InChI=1S/C11H18O4/c1-6-5-7(9(12)13)11(2,3)8(6)10(14)15-4/h6-8H,5H2,1-4H3,(H,12,13)/p-1/t6-,7-,8-/m1/s1. The van der Waals surface area contributed by atoms with Crippen molar-refractivity contribution in [3.05, 3.63) is 0 Å². The van der Waals surface area contributed by atoms with Gasteiger partial charge in [-0.2, -0.15) is 0 Å². The number of rotatable bonds is 2. The Morgan fingerprint density at radius 2 is 1.93 bits per heavy atom. The highest BCUT2D eigenvalue weighted by Gasteiger charge is 2.51. The van der Waals surface area contributed by atoms with Gasteiger partial charge >= 0.3 is 5.97 Å². The molecule has 0 N–H and O–H groups in total. The van der Waals surface area contributed by atoms with Crippen LogP contribution in [0.5, 0.6) is 0 Å². The van der Waals surface area contributed by atoms with Crippen molar-refractivity contribution >= 4 is 11.9 Å². The molecular formula is C11H17O4-. The predicted molar refractivity (Wildman–Crippen MR) is 51.6 cm³/mol. The molecule has 1 saturated carbocycles. The van der Waals surface area contributed by atoms with Crippen LogP contribution in [-0.4, -0.2) is 19.0 Å². The van der Waals surface area contributed by atoms with Crippen LogP contribution in [0.15, 0.2) is 0 Å². The van der Waals surface area contributed by atoms with Gasteiger partial charge in [-0.15, -0.1) is 0 Å². The maximum atomic E-state index is 11.6. The fraction of sp³-hybridized carbons (Fsp3) is 0.818. The summed E-state index contributed by atoms with van der Waals surface area (Å²) < 4.78 is 4.72. The molecule has 0 aromatic carbocycles. The van der Waals surface area contributed by atoms with Crippen molar-refractivity contribution < 1.29 is 19.4 Å². The van der Waals surface area contributed by atoms with Gasteiger partial charge in [-0.25, -0.2) is 0 Å². The summed E-state index contributed by atoms with van der Waals surface area (Å²) >= 11 is 0. The maximum absolute atomic E-state index is 11.6. The van der Waals surface area contributed by atoms with Gasteiger partial charge in [-0.3, -0.25) is 4.79 Å². The summed E-state index contributed by atoms with van der Waals surface area (Å²) in [5.41, 5.74) is -0.592. The zero-order valence-electron chi connectivity index (χ0n) is 9.57. The fourth-order valence-corrected chi connectivity index (χ4v) is 2.82. The largest absolute Gasteiger partial charge is 0.550 e. The van der Waals surface area contributed by atoms with Gasteiger partial charge < -0.3 is 14.6 Å². The van der Waals surface area contributed by atoms with Crippen LogP contribution in [0.3, 0.4) is 0 Å². The number of aliphatic carboxylic acids is 1. The van der Waals surface area contributed by atoms with Gasteiger partial charge in [0.1, 0.15) is 0 Å². The quantitative estimate of drug-likeness (QED) is 0.615. The van der Waals surface area contributed by atoms with Crippen LogP contribution in [0.2, 0.25) is 0 Å². The Balaban J connectivity index is 3.00. The van der Waals surface area contributed by atoms with Crippen LogP contribution in [0.1, 0.15) is 27.2 Å². The first-order valence-corrected chi connectivity index (χ1v) is 5.11. The lowest BCUT2D eigenvalue weighted by atomic mass is 9.74. The van der Waals surface area contributed by atoms with Crippen LogP contribution in [0.25, 0.3) is 0 Å². The molecular weight excluding hydrogens is 196 g/mol. The maximum Gasteiger partial charge on any atom is 0.309 e. The van der Waals surface area contributed by atoms with Crippen molar-refractivity contribution in [1.29, 1.82) is 0 Å².